The van der Waals surface area contributed by atoms with E-state index in [1.807, 2.05) is 42.6 Å². The number of nitrogens with zero attached hydrogens (tertiary/aromatic N) is 2. The normalized spacial score (nSPS) is 10.8. The van der Waals surface area contributed by atoms with Gasteiger partial charge in [0.25, 0.3) is 0 Å². The van der Waals surface area contributed by atoms with Crippen molar-refractivity contribution in [2.75, 3.05) is 7.11 Å². The van der Waals surface area contributed by atoms with Crippen molar-refractivity contribution in [3.63, 3.8) is 0 Å². The number of hydrogen-bond acceptors (Lipinski definition) is 2. The van der Waals surface area contributed by atoms with Crippen LogP contribution in [0.15, 0.2) is 48.7 Å². The average Bonchev–Trinajstić information content (AvgIpc) is 2.84. The first-order chi connectivity index (χ1) is 9.28. The lowest BCUT2D eigenvalue weighted by molar-refractivity contribution is 0.396. The van der Waals surface area contributed by atoms with Crippen LogP contribution in [0, 0.1) is 0 Å². The fourth-order valence-electron chi connectivity index (χ4n) is 2.16. The minimum atomic E-state index is 0.631. The van der Waals surface area contributed by atoms with Gasteiger partial charge in [-0.05, 0) is 24.3 Å². The summed E-state index contributed by atoms with van der Waals surface area (Å²) in [6.07, 6.45) is 2.03. The number of pyridine rings is 1. The molecule has 3 rings (SSSR count). The molecule has 3 nitrogen and oxygen atoms in total. The molecule has 96 valence electrons. The zero-order valence-electron chi connectivity index (χ0n) is 10.5. The van der Waals surface area contributed by atoms with E-state index in [1.54, 1.807) is 7.11 Å². The summed E-state index contributed by atoms with van der Waals surface area (Å²) in [5.74, 6) is 0.631. The zero-order valence-corrected chi connectivity index (χ0v) is 11.3. The van der Waals surface area contributed by atoms with Gasteiger partial charge in [-0.2, -0.15) is 0 Å². The summed E-state index contributed by atoms with van der Waals surface area (Å²) in [4.78, 5) is 4.42. The Hall–Kier alpha value is -2.00. The Labute approximate surface area is 116 Å². The second-order valence-corrected chi connectivity index (χ2v) is 4.69. The van der Waals surface area contributed by atoms with E-state index >= 15 is 0 Å². The fraction of sp³-hybridized carbons (Fsp3) is 0.133. The molecule has 3 aromatic rings. The first-order valence-electron chi connectivity index (χ1n) is 6.01. The van der Waals surface area contributed by atoms with Crippen LogP contribution in [0.5, 0.6) is 5.88 Å². The quantitative estimate of drug-likeness (QED) is 0.726. The topological polar surface area (TPSA) is 27.1 Å². The summed E-state index contributed by atoms with van der Waals surface area (Å²) < 4.78 is 7.27. The summed E-state index contributed by atoms with van der Waals surface area (Å²) >= 11 is 6.17. The molecule has 0 atom stereocenters. The van der Waals surface area contributed by atoms with Gasteiger partial charge in [-0.1, -0.05) is 23.7 Å². The summed E-state index contributed by atoms with van der Waals surface area (Å²) in [5.41, 5.74) is 2.06. The molecular formula is C15H13ClN2O. The first-order valence-corrected chi connectivity index (χ1v) is 6.39. The van der Waals surface area contributed by atoms with Crippen LogP contribution in [-0.4, -0.2) is 16.7 Å². The smallest absolute Gasteiger partial charge is 0.213 e. The van der Waals surface area contributed by atoms with Crippen LogP contribution in [0.3, 0.4) is 0 Å². The highest BCUT2D eigenvalue weighted by atomic mass is 35.5. The maximum atomic E-state index is 6.17. The third-order valence-corrected chi connectivity index (χ3v) is 3.41. The van der Waals surface area contributed by atoms with Crippen LogP contribution in [0.25, 0.3) is 10.9 Å². The molecule has 0 aliphatic carbocycles. The molecule has 2 heterocycles. The van der Waals surface area contributed by atoms with E-state index in [9.17, 15) is 0 Å². The van der Waals surface area contributed by atoms with Gasteiger partial charge in [0.1, 0.15) is 0 Å². The van der Waals surface area contributed by atoms with E-state index in [0.29, 0.717) is 12.4 Å². The van der Waals surface area contributed by atoms with E-state index in [2.05, 4.69) is 15.6 Å². The predicted octanol–water partition coefficient (Wildman–Crippen LogP) is 3.75. The Morgan fingerprint density at radius 2 is 2.00 bits per heavy atom. The molecule has 2 aromatic heterocycles. The highest BCUT2D eigenvalue weighted by Crippen LogP contribution is 2.24. The zero-order chi connectivity index (χ0) is 13.2. The van der Waals surface area contributed by atoms with E-state index in [4.69, 9.17) is 16.3 Å². The number of ether oxygens (including phenoxy) is 1. The molecular weight excluding hydrogens is 260 g/mol. The average molecular weight is 273 g/mol. The van der Waals surface area contributed by atoms with Crippen molar-refractivity contribution in [2.45, 2.75) is 6.54 Å². The third-order valence-electron chi connectivity index (χ3n) is 3.08. The fourth-order valence-corrected chi connectivity index (χ4v) is 2.39. The lowest BCUT2D eigenvalue weighted by Crippen LogP contribution is -2.01. The number of halogens is 1. The van der Waals surface area contributed by atoms with Gasteiger partial charge in [-0.25, -0.2) is 4.98 Å². The third kappa shape index (κ3) is 2.29. The van der Waals surface area contributed by atoms with Gasteiger partial charge in [0.2, 0.25) is 5.88 Å². The van der Waals surface area contributed by atoms with Gasteiger partial charge in [0.05, 0.1) is 19.3 Å². The van der Waals surface area contributed by atoms with Crippen molar-refractivity contribution in [2.24, 2.45) is 0 Å². The second-order valence-electron chi connectivity index (χ2n) is 4.29. The molecule has 0 spiro atoms. The van der Waals surface area contributed by atoms with Crippen molar-refractivity contribution in [3.8, 4) is 5.88 Å². The van der Waals surface area contributed by atoms with Crippen LogP contribution >= 0.6 is 11.6 Å². The molecule has 0 saturated heterocycles. The summed E-state index contributed by atoms with van der Waals surface area (Å²) in [7, 11) is 1.62. The number of hydrogen-bond donors (Lipinski definition) is 0. The molecule has 0 N–H and O–H groups in total. The van der Waals surface area contributed by atoms with Crippen LogP contribution in [-0.2, 0) is 6.54 Å². The molecule has 0 aliphatic heterocycles. The maximum absolute atomic E-state index is 6.17. The molecule has 0 amide bonds. The Morgan fingerprint density at radius 3 is 2.84 bits per heavy atom. The molecule has 0 fully saturated rings. The van der Waals surface area contributed by atoms with Crippen LogP contribution in [0.4, 0.5) is 0 Å². The summed E-state index contributed by atoms with van der Waals surface area (Å²) in [5, 5.41) is 1.84. The van der Waals surface area contributed by atoms with Gasteiger partial charge in [0, 0.05) is 28.2 Å². The maximum Gasteiger partial charge on any atom is 0.213 e. The number of rotatable bonds is 3. The molecule has 1 aromatic carbocycles. The molecule has 0 saturated carbocycles. The van der Waals surface area contributed by atoms with Crippen LogP contribution < -0.4 is 4.74 Å². The van der Waals surface area contributed by atoms with E-state index in [1.165, 1.54) is 0 Å². The second kappa shape index (κ2) is 4.94. The van der Waals surface area contributed by atoms with Gasteiger partial charge in [-0.15, -0.1) is 0 Å². The number of benzene rings is 1. The Morgan fingerprint density at radius 1 is 1.16 bits per heavy atom. The highest BCUT2D eigenvalue weighted by molar-refractivity contribution is 6.35. The Bertz CT molecular complexity index is 721. The monoisotopic (exact) mass is 272 g/mol. The van der Waals surface area contributed by atoms with E-state index in [0.717, 1.165) is 21.6 Å². The van der Waals surface area contributed by atoms with E-state index in [-0.39, 0.29) is 0 Å². The van der Waals surface area contributed by atoms with Crippen molar-refractivity contribution < 1.29 is 4.74 Å². The summed E-state index contributed by atoms with van der Waals surface area (Å²) in [6.45, 7) is 0.695. The van der Waals surface area contributed by atoms with Gasteiger partial charge < -0.3 is 9.30 Å². The van der Waals surface area contributed by atoms with Gasteiger partial charge in [-0.3, -0.25) is 0 Å². The lowest BCUT2D eigenvalue weighted by Gasteiger charge is -2.06. The summed E-state index contributed by atoms with van der Waals surface area (Å²) in [6, 6.07) is 13.7. The molecule has 0 aliphatic rings. The van der Waals surface area contributed by atoms with E-state index < -0.39 is 0 Å². The van der Waals surface area contributed by atoms with Crippen LogP contribution in [0.1, 0.15) is 5.69 Å². The minimum Gasteiger partial charge on any atom is -0.481 e. The van der Waals surface area contributed by atoms with Gasteiger partial charge >= 0.3 is 0 Å². The number of aromatic nitrogens is 2. The van der Waals surface area contributed by atoms with Crippen LogP contribution in [0.2, 0.25) is 5.02 Å². The van der Waals surface area contributed by atoms with Gasteiger partial charge in [0.15, 0.2) is 0 Å². The Kier molecular flexibility index (Phi) is 3.13. The van der Waals surface area contributed by atoms with Crippen molar-refractivity contribution in [1.29, 1.82) is 0 Å². The largest absolute Gasteiger partial charge is 0.481 e. The highest BCUT2D eigenvalue weighted by Gasteiger charge is 2.05. The number of fused-ring (bicyclic) bond motifs is 1. The standard InChI is InChI=1S/C15H13ClN2O/c1-19-15-7-2-4-11(17-15)10-18-9-8-12-13(16)5-3-6-14(12)18/h2-9H,10H2,1H3. The van der Waals surface area contributed by atoms with Crippen molar-refractivity contribution in [1.82, 2.24) is 9.55 Å². The molecule has 0 unspecified atom stereocenters. The van der Waals surface area contributed by atoms with Crippen molar-refractivity contribution in [3.05, 3.63) is 59.4 Å². The SMILES string of the molecule is COc1cccc(Cn2ccc3c(Cl)cccc32)n1. The molecule has 4 heteroatoms. The molecule has 0 radical (unpaired) electrons. The Balaban J connectivity index is 1.99. The predicted molar refractivity (Wildman–Crippen MR) is 76.8 cm³/mol. The number of methoxy groups -OCH3 is 1. The lowest BCUT2D eigenvalue weighted by atomic mass is 10.2. The molecule has 19 heavy (non-hydrogen) atoms. The first kappa shape index (κ1) is 12.1. The molecule has 0 bridgehead atoms. The minimum absolute atomic E-state index is 0.631. The van der Waals surface area contributed by atoms with Crippen molar-refractivity contribution >= 4 is 22.5 Å².